The summed E-state index contributed by atoms with van der Waals surface area (Å²) in [4.78, 5) is 26.2. The number of fused-ring (bicyclic) bond motifs is 1. The average Bonchev–Trinajstić information content (AvgIpc) is 2.06. The standard InChI is InChI=1S/C8H5BrN2O2/c9-6-2-5-4(3-10-6)1-7(12)11-8(5)13/h2-3H,1H2,(H,11,12,13). The van der Waals surface area contributed by atoms with Gasteiger partial charge in [0.15, 0.2) is 0 Å². The van der Waals surface area contributed by atoms with Gasteiger partial charge < -0.3 is 0 Å². The molecular weight excluding hydrogens is 236 g/mol. The smallest absolute Gasteiger partial charge is 0.258 e. The monoisotopic (exact) mass is 240 g/mol. The molecule has 2 amide bonds. The molecule has 1 aromatic rings. The van der Waals surface area contributed by atoms with Gasteiger partial charge in [0.1, 0.15) is 4.60 Å². The highest BCUT2D eigenvalue weighted by molar-refractivity contribution is 9.10. The van der Waals surface area contributed by atoms with Crippen LogP contribution in [-0.4, -0.2) is 16.8 Å². The van der Waals surface area contributed by atoms with Crippen LogP contribution in [0.5, 0.6) is 0 Å². The Kier molecular flexibility index (Phi) is 1.88. The molecule has 0 aliphatic carbocycles. The van der Waals surface area contributed by atoms with Crippen molar-refractivity contribution in [3.63, 3.8) is 0 Å². The summed E-state index contributed by atoms with van der Waals surface area (Å²) < 4.78 is 0.593. The van der Waals surface area contributed by atoms with Crippen molar-refractivity contribution in [1.82, 2.24) is 10.3 Å². The van der Waals surface area contributed by atoms with E-state index in [0.29, 0.717) is 15.7 Å². The Labute approximate surface area is 82.5 Å². The number of imide groups is 1. The van der Waals surface area contributed by atoms with Gasteiger partial charge in [0.05, 0.1) is 6.42 Å². The molecule has 2 rings (SSSR count). The lowest BCUT2D eigenvalue weighted by atomic mass is 10.0. The van der Waals surface area contributed by atoms with Gasteiger partial charge in [0.2, 0.25) is 5.91 Å². The second kappa shape index (κ2) is 2.92. The molecule has 1 aliphatic heterocycles. The highest BCUT2D eigenvalue weighted by Crippen LogP contribution is 2.16. The number of carbonyl (C=O) groups excluding carboxylic acids is 2. The number of nitrogens with zero attached hydrogens (tertiary/aromatic N) is 1. The lowest BCUT2D eigenvalue weighted by Gasteiger charge is -2.14. The van der Waals surface area contributed by atoms with Crippen molar-refractivity contribution in [1.29, 1.82) is 0 Å². The van der Waals surface area contributed by atoms with Crippen molar-refractivity contribution in [3.05, 3.63) is 28.0 Å². The Morgan fingerprint density at radius 2 is 2.23 bits per heavy atom. The van der Waals surface area contributed by atoms with Gasteiger partial charge in [-0.2, -0.15) is 0 Å². The maximum absolute atomic E-state index is 11.3. The zero-order chi connectivity index (χ0) is 9.42. The third kappa shape index (κ3) is 1.47. The first kappa shape index (κ1) is 8.37. The molecule has 0 aromatic carbocycles. The summed E-state index contributed by atoms with van der Waals surface area (Å²) in [5.41, 5.74) is 1.19. The molecule has 1 N–H and O–H groups in total. The van der Waals surface area contributed by atoms with E-state index in [-0.39, 0.29) is 18.2 Å². The van der Waals surface area contributed by atoms with Crippen LogP contribution in [0.15, 0.2) is 16.9 Å². The van der Waals surface area contributed by atoms with Crippen LogP contribution in [0.4, 0.5) is 0 Å². The van der Waals surface area contributed by atoms with Gasteiger partial charge in [-0.15, -0.1) is 0 Å². The second-order valence-corrected chi connectivity index (χ2v) is 3.53. The number of amides is 2. The van der Waals surface area contributed by atoms with E-state index in [4.69, 9.17) is 0 Å². The Morgan fingerprint density at radius 3 is 3.00 bits per heavy atom. The van der Waals surface area contributed by atoms with Crippen LogP contribution in [0.1, 0.15) is 15.9 Å². The predicted molar refractivity (Wildman–Crippen MR) is 48.1 cm³/mol. The number of nitrogens with one attached hydrogen (secondary N) is 1. The number of carbonyl (C=O) groups is 2. The molecule has 0 bridgehead atoms. The van der Waals surface area contributed by atoms with Gasteiger partial charge in [-0.25, -0.2) is 4.98 Å². The molecule has 1 aliphatic rings. The number of rotatable bonds is 0. The first-order chi connectivity index (χ1) is 6.16. The molecule has 0 spiro atoms. The zero-order valence-corrected chi connectivity index (χ0v) is 8.09. The molecule has 5 heteroatoms. The van der Waals surface area contributed by atoms with Gasteiger partial charge in [-0.05, 0) is 27.6 Å². The van der Waals surface area contributed by atoms with E-state index in [1.807, 2.05) is 0 Å². The van der Waals surface area contributed by atoms with E-state index in [1.165, 1.54) is 6.20 Å². The fraction of sp³-hybridized carbons (Fsp3) is 0.125. The molecule has 0 radical (unpaired) electrons. The van der Waals surface area contributed by atoms with Gasteiger partial charge in [0.25, 0.3) is 5.91 Å². The third-order valence-corrected chi connectivity index (χ3v) is 2.24. The van der Waals surface area contributed by atoms with Crippen LogP contribution in [0.2, 0.25) is 0 Å². The van der Waals surface area contributed by atoms with Crippen LogP contribution in [0.25, 0.3) is 0 Å². The number of aromatic nitrogens is 1. The molecule has 13 heavy (non-hydrogen) atoms. The zero-order valence-electron chi connectivity index (χ0n) is 6.50. The molecule has 0 saturated carbocycles. The number of hydrogen-bond donors (Lipinski definition) is 1. The molecule has 0 saturated heterocycles. The minimum atomic E-state index is -0.352. The van der Waals surface area contributed by atoms with Crippen molar-refractivity contribution in [3.8, 4) is 0 Å². The largest absolute Gasteiger partial charge is 0.292 e. The molecule has 1 aromatic heterocycles. The molecule has 0 atom stereocenters. The van der Waals surface area contributed by atoms with Gasteiger partial charge in [-0.3, -0.25) is 14.9 Å². The minimum Gasteiger partial charge on any atom is -0.292 e. The van der Waals surface area contributed by atoms with Crippen molar-refractivity contribution in [2.45, 2.75) is 6.42 Å². The Balaban J connectivity index is 2.55. The Morgan fingerprint density at radius 1 is 1.46 bits per heavy atom. The lowest BCUT2D eigenvalue weighted by molar-refractivity contribution is -0.119. The summed E-state index contributed by atoms with van der Waals surface area (Å²) in [6.45, 7) is 0. The normalized spacial score (nSPS) is 15.2. The molecule has 2 heterocycles. The van der Waals surface area contributed by atoms with Crippen molar-refractivity contribution < 1.29 is 9.59 Å². The number of halogens is 1. The summed E-state index contributed by atoms with van der Waals surface area (Å²) in [6, 6.07) is 1.61. The SMILES string of the molecule is O=C1Cc2cnc(Br)cc2C(=O)N1. The van der Waals surface area contributed by atoms with Crippen LogP contribution in [0.3, 0.4) is 0 Å². The first-order valence-electron chi connectivity index (χ1n) is 3.65. The molecule has 0 fully saturated rings. The number of hydrogen-bond acceptors (Lipinski definition) is 3. The van der Waals surface area contributed by atoms with E-state index >= 15 is 0 Å². The average molecular weight is 241 g/mol. The van der Waals surface area contributed by atoms with Gasteiger partial charge in [-0.1, -0.05) is 0 Å². The first-order valence-corrected chi connectivity index (χ1v) is 4.45. The molecule has 4 nitrogen and oxygen atoms in total. The van der Waals surface area contributed by atoms with Crippen molar-refractivity contribution >= 4 is 27.7 Å². The topological polar surface area (TPSA) is 59.1 Å². The van der Waals surface area contributed by atoms with E-state index in [9.17, 15) is 9.59 Å². The minimum absolute atomic E-state index is 0.224. The highest BCUT2D eigenvalue weighted by Gasteiger charge is 2.22. The maximum atomic E-state index is 11.3. The van der Waals surface area contributed by atoms with Crippen molar-refractivity contribution in [2.75, 3.05) is 0 Å². The highest BCUT2D eigenvalue weighted by atomic mass is 79.9. The van der Waals surface area contributed by atoms with Crippen LogP contribution >= 0.6 is 15.9 Å². The van der Waals surface area contributed by atoms with Crippen LogP contribution in [0, 0.1) is 0 Å². The third-order valence-electron chi connectivity index (χ3n) is 1.80. The second-order valence-electron chi connectivity index (χ2n) is 2.72. The fourth-order valence-electron chi connectivity index (χ4n) is 1.22. The molecule has 0 unspecified atom stereocenters. The maximum Gasteiger partial charge on any atom is 0.258 e. The lowest BCUT2D eigenvalue weighted by Crippen LogP contribution is -2.37. The van der Waals surface area contributed by atoms with E-state index in [0.717, 1.165) is 0 Å². The predicted octanol–water partition coefficient (Wildman–Crippen LogP) is 0.657. The van der Waals surface area contributed by atoms with E-state index in [1.54, 1.807) is 6.07 Å². The summed E-state index contributed by atoms with van der Waals surface area (Å²) in [5.74, 6) is -0.629. The van der Waals surface area contributed by atoms with Crippen LogP contribution < -0.4 is 5.32 Å². The quantitative estimate of drug-likeness (QED) is 0.536. The summed E-state index contributed by atoms with van der Waals surface area (Å²) >= 11 is 3.16. The molecule has 66 valence electrons. The summed E-state index contributed by atoms with van der Waals surface area (Å²) in [6.07, 6.45) is 1.76. The fourth-order valence-corrected chi connectivity index (χ4v) is 1.55. The summed E-state index contributed by atoms with van der Waals surface area (Å²) in [7, 11) is 0. The Hall–Kier alpha value is -1.23. The Bertz CT molecular complexity index is 403. The van der Waals surface area contributed by atoms with Gasteiger partial charge >= 0.3 is 0 Å². The van der Waals surface area contributed by atoms with Crippen LogP contribution in [-0.2, 0) is 11.2 Å². The van der Waals surface area contributed by atoms with E-state index in [2.05, 4.69) is 26.2 Å². The van der Waals surface area contributed by atoms with E-state index < -0.39 is 0 Å². The van der Waals surface area contributed by atoms with Gasteiger partial charge in [0, 0.05) is 11.8 Å². The molecular formula is C8H5BrN2O2. The summed E-state index contributed by atoms with van der Waals surface area (Å²) in [5, 5.41) is 2.24. The van der Waals surface area contributed by atoms with Crippen molar-refractivity contribution in [2.24, 2.45) is 0 Å². The number of pyridine rings is 1.